The lowest BCUT2D eigenvalue weighted by atomic mass is 9.74. The lowest BCUT2D eigenvalue weighted by Crippen LogP contribution is -2.61. The molecule has 4 N–H and O–H groups in total. The van der Waals surface area contributed by atoms with Crippen LogP contribution in [0.15, 0.2) is 0 Å². The molecule has 0 aromatic carbocycles. The van der Waals surface area contributed by atoms with Crippen molar-refractivity contribution in [1.82, 2.24) is 4.90 Å². The highest BCUT2D eigenvalue weighted by Crippen LogP contribution is 2.41. The van der Waals surface area contributed by atoms with Crippen LogP contribution < -0.4 is 0 Å². The van der Waals surface area contributed by atoms with Crippen molar-refractivity contribution in [2.24, 2.45) is 23.7 Å². The standard InChI is InChI=1S/C38H69NO13/c1-15-26-38(10,45)31(42)21(4)28(40)19(2)17-37(9,47-14)33(52-35-29(41)25(39(11)12)16-20(3)48-35)22(5)30(23(6)34(44)50-26)51-27-18-36(8,46-13)32(43)24(7)49-27/h19-27,29-33,35,41-43,45H,15-18H2,1-14H3/t19-,20+,21+,22+,23-,24+,25-,26-,27+,29+,30+,31-,32+,33-,35+,36+,37-,38-/m1/s1. The van der Waals surface area contributed by atoms with E-state index in [9.17, 15) is 30.0 Å². The van der Waals surface area contributed by atoms with Gasteiger partial charge >= 0.3 is 5.97 Å². The molecule has 0 aliphatic carbocycles. The first-order valence-electron chi connectivity index (χ1n) is 18.9. The van der Waals surface area contributed by atoms with Crippen molar-refractivity contribution in [2.75, 3.05) is 28.3 Å². The molecule has 0 aromatic rings. The zero-order valence-corrected chi connectivity index (χ0v) is 33.9. The number of likely N-dealkylation sites (N-methyl/N-ethyl adjacent to an activating group) is 1. The number of rotatable bonds is 8. The molecule has 0 radical (unpaired) electrons. The summed E-state index contributed by atoms with van der Waals surface area (Å²) in [6.07, 6.45) is -8.73. The van der Waals surface area contributed by atoms with E-state index >= 15 is 0 Å². The molecule has 0 aromatic heterocycles. The number of ether oxygens (including phenoxy) is 7. The van der Waals surface area contributed by atoms with Gasteiger partial charge in [-0.3, -0.25) is 9.59 Å². The Balaban J connectivity index is 2.22. The topological polar surface area (TPSA) is 183 Å². The number of carbonyl (C=O) groups excluding carboxylic acids is 2. The molecule has 0 amide bonds. The molecule has 3 saturated heterocycles. The fraction of sp³-hybridized carbons (Fsp3) is 0.947. The molecular formula is C38H69NO13. The molecule has 3 rings (SSSR count). The molecule has 18 atom stereocenters. The zero-order chi connectivity index (χ0) is 39.7. The summed E-state index contributed by atoms with van der Waals surface area (Å²) in [4.78, 5) is 30.1. The maximum atomic E-state index is 14.2. The first-order valence-corrected chi connectivity index (χ1v) is 18.9. The Morgan fingerprint density at radius 2 is 1.44 bits per heavy atom. The van der Waals surface area contributed by atoms with Crippen molar-refractivity contribution < 1.29 is 63.2 Å². The van der Waals surface area contributed by atoms with E-state index in [2.05, 4.69) is 0 Å². The highest BCUT2D eigenvalue weighted by Gasteiger charge is 2.54. The van der Waals surface area contributed by atoms with Gasteiger partial charge in [0, 0.05) is 44.4 Å². The number of hydrogen-bond donors (Lipinski definition) is 4. The molecule has 0 unspecified atom stereocenters. The average Bonchev–Trinajstić information content (AvgIpc) is 3.09. The van der Waals surface area contributed by atoms with Crippen LogP contribution in [0, 0.1) is 23.7 Å². The molecule has 0 spiro atoms. The van der Waals surface area contributed by atoms with E-state index in [1.54, 1.807) is 48.5 Å². The second kappa shape index (κ2) is 17.7. The van der Waals surface area contributed by atoms with Crippen molar-refractivity contribution in [2.45, 2.75) is 179 Å². The quantitative estimate of drug-likeness (QED) is 0.266. The summed E-state index contributed by atoms with van der Waals surface area (Å²) >= 11 is 0. The third-order valence-electron chi connectivity index (χ3n) is 12.3. The maximum Gasteiger partial charge on any atom is 0.311 e. The van der Waals surface area contributed by atoms with Crippen LogP contribution >= 0.6 is 0 Å². The van der Waals surface area contributed by atoms with Crippen molar-refractivity contribution >= 4 is 11.8 Å². The Bertz CT molecular complexity index is 1190. The summed E-state index contributed by atoms with van der Waals surface area (Å²) in [7, 11) is 6.77. The van der Waals surface area contributed by atoms with Crippen molar-refractivity contribution in [3.63, 3.8) is 0 Å². The largest absolute Gasteiger partial charge is 0.459 e. The van der Waals surface area contributed by atoms with Crippen molar-refractivity contribution in [1.29, 1.82) is 0 Å². The number of aliphatic hydroxyl groups excluding tert-OH is 3. The number of hydrogen-bond acceptors (Lipinski definition) is 14. The Kier molecular flexibility index (Phi) is 15.3. The number of cyclic esters (lactones) is 1. The van der Waals surface area contributed by atoms with E-state index in [4.69, 9.17) is 33.2 Å². The van der Waals surface area contributed by atoms with E-state index in [0.29, 0.717) is 6.42 Å². The fourth-order valence-electron chi connectivity index (χ4n) is 8.58. The molecule has 0 bridgehead atoms. The minimum atomic E-state index is -1.96. The van der Waals surface area contributed by atoms with Crippen LogP contribution in [-0.2, 0) is 42.7 Å². The number of ketones is 1. The van der Waals surface area contributed by atoms with Crippen LogP contribution in [0.4, 0.5) is 0 Å². The van der Waals surface area contributed by atoms with E-state index < -0.39 is 102 Å². The molecular weight excluding hydrogens is 678 g/mol. The van der Waals surface area contributed by atoms with Gasteiger partial charge in [-0.15, -0.1) is 0 Å². The smallest absolute Gasteiger partial charge is 0.311 e. The first-order chi connectivity index (χ1) is 24.0. The summed E-state index contributed by atoms with van der Waals surface area (Å²) in [6.45, 7) is 17.1. The van der Waals surface area contributed by atoms with Crippen molar-refractivity contribution in [3.05, 3.63) is 0 Å². The predicted molar refractivity (Wildman–Crippen MR) is 191 cm³/mol. The third-order valence-corrected chi connectivity index (χ3v) is 12.3. The first kappa shape index (κ1) is 45.1. The van der Waals surface area contributed by atoms with Gasteiger partial charge in [0.05, 0.1) is 47.6 Å². The summed E-state index contributed by atoms with van der Waals surface area (Å²) in [6, 6.07) is -0.283. The highest BCUT2D eigenvalue weighted by molar-refractivity contribution is 5.83. The molecule has 3 fully saturated rings. The monoisotopic (exact) mass is 747 g/mol. The van der Waals surface area contributed by atoms with Gasteiger partial charge in [0.15, 0.2) is 12.6 Å². The van der Waals surface area contributed by atoms with Crippen LogP contribution in [0.25, 0.3) is 0 Å². The Morgan fingerprint density at radius 3 is 1.98 bits per heavy atom. The number of Topliss-reactive ketones (excluding diaryl/α,β-unsaturated/α-hetero) is 1. The molecule has 304 valence electrons. The summed E-state index contributed by atoms with van der Waals surface area (Å²) < 4.78 is 43.9. The number of carbonyl (C=O) groups is 2. The average molecular weight is 748 g/mol. The van der Waals surface area contributed by atoms with Gasteiger partial charge in [-0.1, -0.05) is 27.7 Å². The zero-order valence-electron chi connectivity index (χ0n) is 33.9. The van der Waals surface area contributed by atoms with E-state index in [1.807, 2.05) is 32.8 Å². The predicted octanol–water partition coefficient (Wildman–Crippen LogP) is 2.44. The van der Waals surface area contributed by atoms with Crippen molar-refractivity contribution in [3.8, 4) is 0 Å². The molecule has 14 heteroatoms. The second-order valence-electron chi connectivity index (χ2n) is 16.6. The Hall–Kier alpha value is -1.30. The fourth-order valence-corrected chi connectivity index (χ4v) is 8.58. The van der Waals surface area contributed by atoms with Gasteiger partial charge in [0.2, 0.25) is 0 Å². The van der Waals surface area contributed by atoms with Crippen LogP contribution in [0.3, 0.4) is 0 Å². The van der Waals surface area contributed by atoms with E-state index in [1.165, 1.54) is 21.1 Å². The van der Waals surface area contributed by atoms with Gasteiger partial charge in [0.25, 0.3) is 0 Å². The van der Waals surface area contributed by atoms with Gasteiger partial charge in [-0.05, 0) is 74.9 Å². The minimum absolute atomic E-state index is 0.111. The van der Waals surface area contributed by atoms with Crippen LogP contribution in [0.5, 0.6) is 0 Å². The number of aliphatic hydroxyl groups is 4. The van der Waals surface area contributed by atoms with Gasteiger partial charge in [-0.2, -0.15) is 0 Å². The number of methoxy groups -OCH3 is 2. The Morgan fingerprint density at radius 1 is 0.846 bits per heavy atom. The lowest BCUT2D eigenvalue weighted by Gasteiger charge is -2.50. The SMILES string of the molecule is CC[C@H]1OC(=O)[C@H](C)[C@@H](O[C@H]2C[C@](C)(OC)[C@@H](O)[C@H](C)O2)[C@H](C)[C@@H](O[C@@H]2O[C@@H](C)C[C@@H](N(C)C)[C@@H]2O)[C@](C)(OC)C[C@@H](C)C(=O)[C@H](C)[C@@H](O)[C@]1(C)O. The third kappa shape index (κ3) is 9.38. The van der Waals surface area contributed by atoms with Gasteiger partial charge in [-0.25, -0.2) is 0 Å². The van der Waals surface area contributed by atoms with Crippen LogP contribution in [-0.4, -0.2) is 150 Å². The van der Waals surface area contributed by atoms with Gasteiger partial charge < -0.3 is 58.5 Å². The molecule has 14 nitrogen and oxygen atoms in total. The normalized spacial score (nSPS) is 49.0. The lowest BCUT2D eigenvalue weighted by molar-refractivity contribution is -0.319. The number of esters is 1. The molecule has 0 saturated carbocycles. The molecule has 3 aliphatic heterocycles. The number of nitrogens with zero attached hydrogens (tertiary/aromatic N) is 1. The summed E-state index contributed by atoms with van der Waals surface area (Å²) in [5.41, 5.74) is -4.24. The molecule has 52 heavy (non-hydrogen) atoms. The highest BCUT2D eigenvalue weighted by atomic mass is 16.7. The van der Waals surface area contributed by atoms with E-state index in [0.717, 1.165) is 0 Å². The van der Waals surface area contributed by atoms with Gasteiger partial charge in [0.1, 0.15) is 29.7 Å². The van der Waals surface area contributed by atoms with E-state index in [-0.39, 0.29) is 37.2 Å². The second-order valence-corrected chi connectivity index (χ2v) is 16.6. The summed E-state index contributed by atoms with van der Waals surface area (Å²) in [5, 5.41) is 45.6. The minimum Gasteiger partial charge on any atom is -0.459 e. The Labute approximate surface area is 310 Å². The van der Waals surface area contributed by atoms with Crippen LogP contribution in [0.1, 0.15) is 94.9 Å². The molecule has 3 heterocycles. The summed E-state index contributed by atoms with van der Waals surface area (Å²) in [5.74, 6) is -4.47. The maximum absolute atomic E-state index is 14.2. The van der Waals surface area contributed by atoms with Crippen LogP contribution in [0.2, 0.25) is 0 Å². The molecule has 3 aliphatic rings.